The van der Waals surface area contributed by atoms with E-state index in [0.29, 0.717) is 11.6 Å². The Morgan fingerprint density at radius 1 is 1.44 bits per heavy atom. The Labute approximate surface area is 112 Å². The molecule has 0 aromatic carbocycles. The summed E-state index contributed by atoms with van der Waals surface area (Å²) in [5.41, 5.74) is 2.24. The lowest BCUT2D eigenvalue weighted by Crippen LogP contribution is -2.18. The molecule has 0 aliphatic heterocycles. The molecule has 0 bridgehead atoms. The highest BCUT2D eigenvalue weighted by atomic mass is 35.5. The molecule has 2 aromatic rings. The number of furan rings is 1. The Balaban J connectivity index is 2.03. The van der Waals surface area contributed by atoms with Gasteiger partial charge in [-0.25, -0.2) is 0 Å². The van der Waals surface area contributed by atoms with E-state index in [1.165, 1.54) is 5.56 Å². The third-order valence-electron chi connectivity index (χ3n) is 3.00. The molecule has 0 amide bonds. The lowest BCUT2D eigenvalue weighted by Gasteiger charge is -2.13. The fraction of sp³-hybridized carbons (Fsp3) is 0.357. The number of hydrogen-bond acceptors (Lipinski definition) is 3. The highest BCUT2D eigenvalue weighted by Crippen LogP contribution is 2.22. The quantitative estimate of drug-likeness (QED) is 0.913. The Kier molecular flexibility index (Phi) is 4.04. The van der Waals surface area contributed by atoms with Crippen molar-refractivity contribution in [1.29, 1.82) is 0 Å². The Morgan fingerprint density at radius 3 is 2.83 bits per heavy atom. The van der Waals surface area contributed by atoms with Gasteiger partial charge in [0.1, 0.15) is 11.5 Å². The number of nitrogens with one attached hydrogen (secondary N) is 1. The molecule has 2 rings (SSSR count). The lowest BCUT2D eigenvalue weighted by molar-refractivity contribution is 0.489. The summed E-state index contributed by atoms with van der Waals surface area (Å²) < 4.78 is 5.54. The first kappa shape index (κ1) is 13.1. The second kappa shape index (κ2) is 5.55. The predicted octanol–water partition coefficient (Wildman–Crippen LogP) is 3.80. The number of hydrogen-bond donors (Lipinski definition) is 1. The maximum atomic E-state index is 6.07. The molecule has 1 N–H and O–H groups in total. The van der Waals surface area contributed by atoms with E-state index in [4.69, 9.17) is 16.0 Å². The summed E-state index contributed by atoms with van der Waals surface area (Å²) in [6, 6.07) is 4.23. The van der Waals surface area contributed by atoms with Crippen molar-refractivity contribution in [2.75, 3.05) is 0 Å². The highest BCUT2D eigenvalue weighted by molar-refractivity contribution is 6.31. The molecule has 18 heavy (non-hydrogen) atoms. The van der Waals surface area contributed by atoms with E-state index in [9.17, 15) is 0 Å². The van der Waals surface area contributed by atoms with Crippen LogP contribution in [0.4, 0.5) is 0 Å². The first-order valence-electron chi connectivity index (χ1n) is 5.96. The molecule has 0 saturated carbocycles. The Bertz CT molecular complexity index is 536. The van der Waals surface area contributed by atoms with Gasteiger partial charge in [0, 0.05) is 30.5 Å². The van der Waals surface area contributed by atoms with Gasteiger partial charge < -0.3 is 9.73 Å². The summed E-state index contributed by atoms with van der Waals surface area (Å²) in [5.74, 6) is 1.91. The van der Waals surface area contributed by atoms with Crippen molar-refractivity contribution >= 4 is 11.6 Å². The highest BCUT2D eigenvalue weighted by Gasteiger charge is 2.12. The van der Waals surface area contributed by atoms with Crippen LogP contribution in [0, 0.1) is 13.8 Å². The largest absolute Gasteiger partial charge is 0.466 e. The molecule has 96 valence electrons. The summed E-state index contributed by atoms with van der Waals surface area (Å²) in [5, 5.41) is 4.13. The molecule has 0 aliphatic rings. The molecule has 0 fully saturated rings. The van der Waals surface area contributed by atoms with Crippen molar-refractivity contribution in [1.82, 2.24) is 10.3 Å². The normalized spacial score (nSPS) is 12.7. The van der Waals surface area contributed by atoms with Gasteiger partial charge in [0.2, 0.25) is 0 Å². The van der Waals surface area contributed by atoms with E-state index >= 15 is 0 Å². The first-order valence-corrected chi connectivity index (χ1v) is 6.34. The molecular formula is C14H17ClN2O. The minimum absolute atomic E-state index is 0.228. The monoisotopic (exact) mass is 264 g/mol. The van der Waals surface area contributed by atoms with Gasteiger partial charge >= 0.3 is 0 Å². The van der Waals surface area contributed by atoms with Crippen molar-refractivity contribution in [2.24, 2.45) is 0 Å². The Morgan fingerprint density at radius 2 is 2.22 bits per heavy atom. The summed E-state index contributed by atoms with van der Waals surface area (Å²) >= 11 is 6.07. The average molecular weight is 265 g/mol. The molecule has 2 heterocycles. The number of nitrogens with zero attached hydrogens (tertiary/aromatic N) is 1. The van der Waals surface area contributed by atoms with Gasteiger partial charge in [-0.1, -0.05) is 11.6 Å². The van der Waals surface area contributed by atoms with Crippen molar-refractivity contribution in [3.63, 3.8) is 0 Å². The van der Waals surface area contributed by atoms with E-state index in [1.807, 2.05) is 19.9 Å². The van der Waals surface area contributed by atoms with Crippen molar-refractivity contribution < 1.29 is 4.42 Å². The molecular weight excluding hydrogens is 248 g/mol. The van der Waals surface area contributed by atoms with Gasteiger partial charge in [-0.05, 0) is 38.5 Å². The predicted molar refractivity (Wildman–Crippen MR) is 72.7 cm³/mol. The van der Waals surface area contributed by atoms with Crippen LogP contribution in [-0.2, 0) is 6.54 Å². The molecule has 2 aromatic heterocycles. The number of rotatable bonds is 4. The minimum Gasteiger partial charge on any atom is -0.466 e. The van der Waals surface area contributed by atoms with Gasteiger partial charge in [0.15, 0.2) is 0 Å². The molecule has 1 atom stereocenters. The topological polar surface area (TPSA) is 38.1 Å². The van der Waals surface area contributed by atoms with Crippen LogP contribution >= 0.6 is 11.6 Å². The van der Waals surface area contributed by atoms with E-state index < -0.39 is 0 Å². The number of aromatic nitrogens is 1. The third kappa shape index (κ3) is 2.92. The SMILES string of the molecule is Cc1cc(C(C)NCc2ccncc2Cl)c(C)o1. The number of pyridine rings is 1. The number of halogens is 1. The third-order valence-corrected chi connectivity index (χ3v) is 3.34. The van der Waals surface area contributed by atoms with Gasteiger partial charge in [-0.15, -0.1) is 0 Å². The standard InChI is InChI=1S/C14H17ClN2O/c1-9-6-13(11(3)18-9)10(2)17-7-12-4-5-16-8-14(12)15/h4-6,8,10,17H,7H2,1-3H3. The van der Waals surface area contributed by atoms with Crippen LogP contribution in [0.1, 0.15) is 35.6 Å². The van der Waals surface area contributed by atoms with Crippen LogP contribution < -0.4 is 5.32 Å². The second-order valence-corrected chi connectivity index (χ2v) is 4.85. The fourth-order valence-corrected chi connectivity index (χ4v) is 2.19. The van der Waals surface area contributed by atoms with Crippen LogP contribution in [0.25, 0.3) is 0 Å². The number of aryl methyl sites for hydroxylation is 2. The Hall–Kier alpha value is -1.32. The summed E-state index contributed by atoms with van der Waals surface area (Å²) in [7, 11) is 0. The molecule has 0 aliphatic carbocycles. The van der Waals surface area contributed by atoms with E-state index in [1.54, 1.807) is 12.4 Å². The van der Waals surface area contributed by atoms with Crippen LogP contribution in [-0.4, -0.2) is 4.98 Å². The zero-order chi connectivity index (χ0) is 13.1. The molecule has 0 spiro atoms. The molecule has 3 nitrogen and oxygen atoms in total. The summed E-state index contributed by atoms with van der Waals surface area (Å²) in [4.78, 5) is 3.97. The van der Waals surface area contributed by atoms with E-state index in [0.717, 1.165) is 17.1 Å². The van der Waals surface area contributed by atoms with Gasteiger partial charge in [-0.3, -0.25) is 4.98 Å². The van der Waals surface area contributed by atoms with Crippen LogP contribution in [0.15, 0.2) is 28.9 Å². The van der Waals surface area contributed by atoms with Crippen LogP contribution in [0.3, 0.4) is 0 Å². The van der Waals surface area contributed by atoms with Gasteiger partial charge in [0.05, 0.1) is 5.02 Å². The van der Waals surface area contributed by atoms with Crippen molar-refractivity contribution in [2.45, 2.75) is 33.4 Å². The molecule has 4 heteroatoms. The molecule has 0 saturated heterocycles. The lowest BCUT2D eigenvalue weighted by atomic mass is 10.1. The molecule has 0 radical (unpaired) electrons. The molecule has 1 unspecified atom stereocenters. The first-order chi connectivity index (χ1) is 8.58. The van der Waals surface area contributed by atoms with Gasteiger partial charge in [0.25, 0.3) is 0 Å². The zero-order valence-electron chi connectivity index (χ0n) is 10.8. The second-order valence-electron chi connectivity index (χ2n) is 4.44. The zero-order valence-corrected chi connectivity index (χ0v) is 11.6. The fourth-order valence-electron chi connectivity index (χ4n) is 2.00. The minimum atomic E-state index is 0.228. The van der Waals surface area contributed by atoms with Crippen molar-refractivity contribution in [3.8, 4) is 0 Å². The van der Waals surface area contributed by atoms with Crippen molar-refractivity contribution in [3.05, 3.63) is 52.2 Å². The maximum Gasteiger partial charge on any atom is 0.105 e. The van der Waals surface area contributed by atoms with E-state index in [-0.39, 0.29) is 6.04 Å². The van der Waals surface area contributed by atoms with Crippen LogP contribution in [0.2, 0.25) is 5.02 Å². The van der Waals surface area contributed by atoms with E-state index in [2.05, 4.69) is 23.3 Å². The van der Waals surface area contributed by atoms with Crippen LogP contribution in [0.5, 0.6) is 0 Å². The maximum absolute atomic E-state index is 6.07. The summed E-state index contributed by atoms with van der Waals surface area (Å²) in [6.07, 6.45) is 3.41. The average Bonchev–Trinajstić information content (AvgIpc) is 2.67. The summed E-state index contributed by atoms with van der Waals surface area (Å²) in [6.45, 7) is 6.78. The smallest absolute Gasteiger partial charge is 0.105 e. The van der Waals surface area contributed by atoms with Gasteiger partial charge in [-0.2, -0.15) is 0 Å².